The number of benzene rings is 1. The number of allylic oxidation sites excluding steroid dienone is 3. The van der Waals surface area contributed by atoms with Gasteiger partial charge in [-0.15, -0.1) is 11.8 Å². The maximum Gasteiger partial charge on any atom is 0.361 e. The Bertz CT molecular complexity index is 840. The molecule has 1 rings (SSSR count). The second-order valence-electron chi connectivity index (χ2n) is 8.49. The van der Waals surface area contributed by atoms with Gasteiger partial charge in [0, 0.05) is 11.7 Å². The number of carbonyl (C=O) groups is 1. The van der Waals surface area contributed by atoms with Crippen LogP contribution in [0, 0.1) is 12.8 Å². The molecule has 0 amide bonds. The van der Waals surface area contributed by atoms with Crippen LogP contribution in [0.2, 0.25) is 0 Å². The van der Waals surface area contributed by atoms with Crippen molar-refractivity contribution in [1.29, 1.82) is 0 Å². The smallest absolute Gasteiger partial charge is 0.361 e. The van der Waals surface area contributed by atoms with Crippen LogP contribution in [-0.2, 0) is 4.79 Å². The highest BCUT2D eigenvalue weighted by Gasteiger charge is 2.22. The van der Waals surface area contributed by atoms with E-state index in [1.54, 1.807) is 11.8 Å². The van der Waals surface area contributed by atoms with E-state index in [0.717, 1.165) is 48.1 Å². The number of nitrogens with zero attached hydrogens (tertiary/aromatic N) is 1. The second-order valence-corrected chi connectivity index (χ2v) is 9.68. The summed E-state index contributed by atoms with van der Waals surface area (Å²) in [5, 5.41) is 12.8. The zero-order chi connectivity index (χ0) is 24.6. The van der Waals surface area contributed by atoms with E-state index in [-0.39, 0.29) is 11.0 Å². The molecule has 5 heteroatoms. The average Bonchev–Trinajstić information content (AvgIpc) is 2.79. The van der Waals surface area contributed by atoms with Crippen LogP contribution in [0.4, 0.5) is 0 Å². The van der Waals surface area contributed by atoms with Crippen LogP contribution in [0.3, 0.4) is 0 Å². The molecule has 0 saturated heterocycles. The molecule has 0 aliphatic carbocycles. The van der Waals surface area contributed by atoms with Crippen LogP contribution in [0.1, 0.15) is 83.8 Å². The zero-order valence-corrected chi connectivity index (χ0v) is 21.8. The largest absolute Gasteiger partial charge is 0.421 e. The molecular formula is C28H41NO3S. The summed E-state index contributed by atoms with van der Waals surface area (Å²) in [6, 6.07) is 3.75. The number of thioether (sulfide) groups is 1. The average molecular weight is 472 g/mol. The van der Waals surface area contributed by atoms with E-state index < -0.39 is 5.97 Å². The molecule has 4 nitrogen and oxygen atoms in total. The van der Waals surface area contributed by atoms with Gasteiger partial charge in [-0.3, -0.25) is 0 Å². The van der Waals surface area contributed by atoms with Gasteiger partial charge in [0.05, 0.1) is 4.90 Å². The van der Waals surface area contributed by atoms with Gasteiger partial charge in [-0.25, -0.2) is 4.79 Å². The van der Waals surface area contributed by atoms with Crippen LogP contribution < -0.4 is 4.74 Å². The van der Waals surface area contributed by atoms with E-state index in [2.05, 4.69) is 50.7 Å². The molecule has 1 aromatic rings. The summed E-state index contributed by atoms with van der Waals surface area (Å²) in [5.74, 6) is 0.264. The number of carbonyl (C=O) groups excluding carboxylic acids is 1. The maximum absolute atomic E-state index is 12.8. The lowest BCUT2D eigenvalue weighted by Crippen LogP contribution is -2.21. The first-order chi connectivity index (χ1) is 15.9. The van der Waals surface area contributed by atoms with Gasteiger partial charge in [-0.2, -0.15) is 0 Å². The van der Waals surface area contributed by atoms with E-state index in [0.29, 0.717) is 18.1 Å². The van der Waals surface area contributed by atoms with Crippen molar-refractivity contribution in [3.05, 3.63) is 54.1 Å². The number of oxime groups is 1. The first kappa shape index (κ1) is 28.8. The van der Waals surface area contributed by atoms with Gasteiger partial charge in [0.25, 0.3) is 0 Å². The standard InChI is InChI=1S/C28H41NO3S/c1-7-10-12-14-15-17-24(29-31)28(30)32-25-20-19-22(6)23(9-3)27(25)33-26(21(4)5)18-16-13-11-8-2/h8-9,11,16,18-21,26,31H,3,7,10,12-15,17H2,1-2,4-6H3/b11-8-,18-16?,29-24+. The number of hydrogen-bond donors (Lipinski definition) is 1. The lowest BCUT2D eigenvalue weighted by molar-refractivity contribution is -0.127. The highest BCUT2D eigenvalue weighted by Crippen LogP contribution is 2.40. The molecule has 0 fully saturated rings. The number of rotatable bonds is 15. The Labute approximate surface area is 204 Å². The lowest BCUT2D eigenvalue weighted by atomic mass is 10.1. The van der Waals surface area contributed by atoms with Crippen molar-refractivity contribution in [2.75, 3.05) is 0 Å². The highest BCUT2D eigenvalue weighted by atomic mass is 32.2. The van der Waals surface area contributed by atoms with E-state index >= 15 is 0 Å². The second kappa shape index (κ2) is 16.4. The van der Waals surface area contributed by atoms with Gasteiger partial charge >= 0.3 is 5.97 Å². The summed E-state index contributed by atoms with van der Waals surface area (Å²) in [6.07, 6.45) is 16.9. The minimum Gasteiger partial charge on any atom is -0.421 e. The predicted molar refractivity (Wildman–Crippen MR) is 143 cm³/mol. The zero-order valence-electron chi connectivity index (χ0n) is 21.0. The minimum atomic E-state index is -0.599. The summed E-state index contributed by atoms with van der Waals surface area (Å²) in [5.41, 5.74) is 2.09. The molecular weight excluding hydrogens is 430 g/mol. The van der Waals surface area contributed by atoms with Crippen molar-refractivity contribution in [3.8, 4) is 5.75 Å². The predicted octanol–water partition coefficient (Wildman–Crippen LogP) is 8.37. The minimum absolute atomic E-state index is 0.0647. The Morgan fingerprint density at radius 1 is 1.21 bits per heavy atom. The molecule has 0 bridgehead atoms. The molecule has 0 aromatic heterocycles. The van der Waals surface area contributed by atoms with E-state index in [1.165, 1.54) is 6.42 Å². The first-order valence-electron chi connectivity index (χ1n) is 12.0. The molecule has 0 aliphatic rings. The monoisotopic (exact) mass is 471 g/mol. The fourth-order valence-corrected chi connectivity index (χ4v) is 4.67. The molecule has 1 N–H and O–H groups in total. The number of hydrogen-bond acceptors (Lipinski definition) is 5. The fraction of sp³-hybridized carbons (Fsp3) is 0.500. The molecule has 33 heavy (non-hydrogen) atoms. The Kier molecular flexibility index (Phi) is 14.3. The summed E-state index contributed by atoms with van der Waals surface area (Å²) in [6.45, 7) is 14.5. The molecule has 0 aliphatic heterocycles. The van der Waals surface area contributed by atoms with Gasteiger partial charge in [0.2, 0.25) is 0 Å². The Hall–Kier alpha value is -2.27. The van der Waals surface area contributed by atoms with Crippen LogP contribution in [0.25, 0.3) is 6.08 Å². The number of unbranched alkanes of at least 4 members (excludes halogenated alkanes) is 4. The fourth-order valence-electron chi connectivity index (χ4n) is 3.34. The Balaban J connectivity index is 3.10. The lowest BCUT2D eigenvalue weighted by Gasteiger charge is -2.21. The van der Waals surface area contributed by atoms with Crippen molar-refractivity contribution in [1.82, 2.24) is 0 Å². The van der Waals surface area contributed by atoms with E-state index in [9.17, 15) is 10.0 Å². The highest BCUT2D eigenvalue weighted by molar-refractivity contribution is 8.00. The summed E-state index contributed by atoms with van der Waals surface area (Å²) < 4.78 is 5.76. The third-order valence-corrected chi connectivity index (χ3v) is 7.03. The molecule has 1 aromatic carbocycles. The van der Waals surface area contributed by atoms with Crippen LogP contribution in [0.5, 0.6) is 5.75 Å². The quantitative estimate of drug-likeness (QED) is 0.0408. The normalized spacial score (nSPS) is 13.2. The summed E-state index contributed by atoms with van der Waals surface area (Å²) in [7, 11) is 0. The van der Waals surface area contributed by atoms with Gasteiger partial charge in [0.15, 0.2) is 5.71 Å². The van der Waals surface area contributed by atoms with Crippen molar-refractivity contribution in [2.24, 2.45) is 11.1 Å². The van der Waals surface area contributed by atoms with Crippen molar-refractivity contribution < 1.29 is 14.7 Å². The van der Waals surface area contributed by atoms with Crippen LogP contribution in [0.15, 0.2) is 53.1 Å². The summed E-state index contributed by atoms with van der Waals surface area (Å²) >= 11 is 1.67. The number of aryl methyl sites for hydroxylation is 1. The molecule has 0 saturated carbocycles. The van der Waals surface area contributed by atoms with E-state index in [1.807, 2.05) is 38.1 Å². The van der Waals surface area contributed by atoms with Crippen molar-refractivity contribution in [2.45, 2.75) is 89.7 Å². The SMILES string of the molecule is C=Cc1c(C)ccc(OC(=O)/C(CCCCCCC)=N/O)c1SC(C=CC/C=C\C)C(C)C. The maximum atomic E-state index is 12.8. The van der Waals surface area contributed by atoms with E-state index in [4.69, 9.17) is 4.74 Å². The Morgan fingerprint density at radius 2 is 1.94 bits per heavy atom. The van der Waals surface area contributed by atoms with Crippen molar-refractivity contribution in [3.63, 3.8) is 0 Å². The molecule has 1 atom stereocenters. The molecule has 0 radical (unpaired) electrons. The van der Waals surface area contributed by atoms with Crippen LogP contribution in [-0.4, -0.2) is 22.1 Å². The van der Waals surface area contributed by atoms with Gasteiger partial charge in [-0.05, 0) is 49.8 Å². The molecule has 1 unspecified atom stereocenters. The first-order valence-corrected chi connectivity index (χ1v) is 12.9. The number of esters is 1. The molecule has 0 heterocycles. The van der Waals surface area contributed by atoms with Crippen molar-refractivity contribution >= 4 is 29.5 Å². The third-order valence-electron chi connectivity index (χ3n) is 5.40. The Morgan fingerprint density at radius 3 is 2.55 bits per heavy atom. The van der Waals surface area contributed by atoms with Gasteiger partial charge < -0.3 is 9.94 Å². The molecule has 182 valence electrons. The summed E-state index contributed by atoms with van der Waals surface area (Å²) in [4.78, 5) is 13.7. The van der Waals surface area contributed by atoms with Gasteiger partial charge in [0.1, 0.15) is 5.75 Å². The molecule has 0 spiro atoms. The topological polar surface area (TPSA) is 58.9 Å². The number of ether oxygens (including phenoxy) is 1. The third kappa shape index (κ3) is 10.0. The van der Waals surface area contributed by atoms with Gasteiger partial charge in [-0.1, -0.05) is 94.6 Å². The van der Waals surface area contributed by atoms with Crippen LogP contribution >= 0.6 is 11.8 Å².